The minimum absolute atomic E-state index is 0.121. The standard InChI is InChI=1S/C24H28N2O3/c1-5-6-15-26-21(17-11-13-19(14-12-17)25(3)4)20(23(28)24(26)29)22(27)18-9-7-16(2)8-10-18/h7-14,21,27H,5-6,15H2,1-4H3/b22-20+. The Kier molecular flexibility index (Phi) is 6.06. The van der Waals surface area contributed by atoms with Gasteiger partial charge in [0.1, 0.15) is 5.76 Å². The second-order valence-corrected chi connectivity index (χ2v) is 7.70. The number of Topliss-reactive ketones (excluding diaryl/α,β-unsaturated/α-hetero) is 1. The molecule has 1 aliphatic rings. The van der Waals surface area contributed by atoms with E-state index in [0.717, 1.165) is 29.7 Å². The van der Waals surface area contributed by atoms with E-state index in [4.69, 9.17) is 0 Å². The summed E-state index contributed by atoms with van der Waals surface area (Å²) in [6, 6.07) is 14.5. The highest BCUT2D eigenvalue weighted by atomic mass is 16.3. The van der Waals surface area contributed by atoms with Gasteiger partial charge in [0.05, 0.1) is 11.6 Å². The molecule has 152 valence electrons. The van der Waals surface area contributed by atoms with Gasteiger partial charge in [-0.15, -0.1) is 0 Å². The first-order valence-electron chi connectivity index (χ1n) is 9.98. The van der Waals surface area contributed by atoms with Crippen molar-refractivity contribution in [3.8, 4) is 0 Å². The fraction of sp³-hybridized carbons (Fsp3) is 0.333. The molecule has 2 aromatic carbocycles. The van der Waals surface area contributed by atoms with Gasteiger partial charge >= 0.3 is 0 Å². The van der Waals surface area contributed by atoms with E-state index >= 15 is 0 Å². The van der Waals surface area contributed by atoms with E-state index < -0.39 is 17.7 Å². The van der Waals surface area contributed by atoms with Crippen LogP contribution in [0.5, 0.6) is 0 Å². The molecule has 2 aromatic rings. The number of anilines is 1. The Bertz CT molecular complexity index is 928. The lowest BCUT2D eigenvalue weighted by molar-refractivity contribution is -0.139. The number of carbonyl (C=O) groups excluding carboxylic acids is 2. The Labute approximate surface area is 172 Å². The summed E-state index contributed by atoms with van der Waals surface area (Å²) in [5.74, 6) is -1.29. The van der Waals surface area contributed by atoms with Crippen molar-refractivity contribution in [2.75, 3.05) is 25.5 Å². The van der Waals surface area contributed by atoms with E-state index in [0.29, 0.717) is 12.1 Å². The molecule has 0 radical (unpaired) electrons. The van der Waals surface area contributed by atoms with Crippen molar-refractivity contribution in [1.29, 1.82) is 0 Å². The second kappa shape index (κ2) is 8.52. The summed E-state index contributed by atoms with van der Waals surface area (Å²) >= 11 is 0. The summed E-state index contributed by atoms with van der Waals surface area (Å²) < 4.78 is 0. The van der Waals surface area contributed by atoms with Gasteiger partial charge in [-0.3, -0.25) is 9.59 Å². The first kappa shape index (κ1) is 20.6. The van der Waals surface area contributed by atoms with Crippen LogP contribution in [0.25, 0.3) is 5.76 Å². The largest absolute Gasteiger partial charge is 0.507 e. The lowest BCUT2D eigenvalue weighted by Gasteiger charge is -2.25. The molecule has 0 spiro atoms. The van der Waals surface area contributed by atoms with Gasteiger partial charge in [0, 0.05) is 31.9 Å². The first-order valence-corrected chi connectivity index (χ1v) is 9.98. The molecule has 0 bridgehead atoms. The van der Waals surface area contributed by atoms with Gasteiger partial charge in [-0.25, -0.2) is 0 Å². The highest BCUT2D eigenvalue weighted by Gasteiger charge is 2.45. The maximum absolute atomic E-state index is 12.9. The van der Waals surface area contributed by atoms with Gasteiger partial charge in [0.15, 0.2) is 0 Å². The zero-order valence-electron chi connectivity index (χ0n) is 17.5. The summed E-state index contributed by atoms with van der Waals surface area (Å²) in [4.78, 5) is 29.3. The Balaban J connectivity index is 2.13. The number of unbranched alkanes of at least 4 members (excludes halogenated alkanes) is 1. The van der Waals surface area contributed by atoms with Crippen LogP contribution < -0.4 is 4.90 Å². The van der Waals surface area contributed by atoms with Crippen LogP contribution in [0.2, 0.25) is 0 Å². The average Bonchev–Trinajstić information content (AvgIpc) is 2.97. The maximum Gasteiger partial charge on any atom is 0.295 e. The minimum atomic E-state index is -0.624. The topological polar surface area (TPSA) is 60.9 Å². The Morgan fingerprint density at radius 1 is 1.03 bits per heavy atom. The molecule has 29 heavy (non-hydrogen) atoms. The normalized spacial score (nSPS) is 18.3. The fourth-order valence-corrected chi connectivity index (χ4v) is 3.61. The number of nitrogens with zero attached hydrogens (tertiary/aromatic N) is 2. The molecule has 5 heteroatoms. The number of ketones is 1. The van der Waals surface area contributed by atoms with E-state index in [9.17, 15) is 14.7 Å². The smallest absolute Gasteiger partial charge is 0.295 e. The van der Waals surface area contributed by atoms with Crippen LogP contribution in [0.15, 0.2) is 54.1 Å². The summed E-state index contributed by atoms with van der Waals surface area (Å²) in [5.41, 5.74) is 3.60. The number of aryl methyl sites for hydroxylation is 1. The van der Waals surface area contributed by atoms with Crippen LogP contribution in [-0.4, -0.2) is 42.3 Å². The molecular formula is C24H28N2O3. The highest BCUT2D eigenvalue weighted by Crippen LogP contribution is 2.39. The van der Waals surface area contributed by atoms with Gasteiger partial charge in [0.25, 0.3) is 11.7 Å². The highest BCUT2D eigenvalue weighted by molar-refractivity contribution is 6.46. The third kappa shape index (κ3) is 4.04. The SMILES string of the molecule is CCCCN1C(=O)C(=O)/C(=C(/O)c2ccc(C)cc2)C1c1ccc(N(C)C)cc1. The zero-order chi connectivity index (χ0) is 21.1. The maximum atomic E-state index is 12.9. The van der Waals surface area contributed by atoms with E-state index in [1.54, 1.807) is 17.0 Å². The molecule has 1 N–H and O–H groups in total. The molecule has 0 aromatic heterocycles. The van der Waals surface area contributed by atoms with Gasteiger partial charge in [-0.05, 0) is 31.0 Å². The molecule has 1 atom stereocenters. The molecule has 3 rings (SSSR count). The van der Waals surface area contributed by atoms with Crippen LogP contribution in [0.4, 0.5) is 5.69 Å². The molecular weight excluding hydrogens is 364 g/mol. The zero-order valence-corrected chi connectivity index (χ0v) is 17.5. The van der Waals surface area contributed by atoms with Crippen molar-refractivity contribution in [2.45, 2.75) is 32.7 Å². The predicted molar refractivity (Wildman–Crippen MR) is 116 cm³/mol. The van der Waals surface area contributed by atoms with Crippen LogP contribution in [0.3, 0.4) is 0 Å². The Hall–Kier alpha value is -3.08. The minimum Gasteiger partial charge on any atom is -0.507 e. The molecule has 1 heterocycles. The number of aliphatic hydroxyl groups excluding tert-OH is 1. The number of hydrogen-bond donors (Lipinski definition) is 1. The van der Waals surface area contributed by atoms with E-state index in [-0.39, 0.29) is 11.3 Å². The number of likely N-dealkylation sites (tertiary alicyclic amines) is 1. The summed E-state index contributed by atoms with van der Waals surface area (Å²) in [5, 5.41) is 11.0. The first-order chi connectivity index (χ1) is 13.8. The molecule has 1 fully saturated rings. The summed E-state index contributed by atoms with van der Waals surface area (Å²) in [7, 11) is 3.92. The second-order valence-electron chi connectivity index (χ2n) is 7.70. The monoisotopic (exact) mass is 392 g/mol. The van der Waals surface area contributed by atoms with Crippen molar-refractivity contribution in [1.82, 2.24) is 4.90 Å². The Morgan fingerprint density at radius 2 is 1.66 bits per heavy atom. The molecule has 1 unspecified atom stereocenters. The fourth-order valence-electron chi connectivity index (χ4n) is 3.61. The van der Waals surface area contributed by atoms with Crippen molar-refractivity contribution < 1.29 is 14.7 Å². The third-order valence-electron chi connectivity index (χ3n) is 5.34. The number of benzene rings is 2. The van der Waals surface area contributed by atoms with Crippen molar-refractivity contribution in [2.24, 2.45) is 0 Å². The van der Waals surface area contributed by atoms with Crippen molar-refractivity contribution in [3.05, 3.63) is 70.8 Å². The van der Waals surface area contributed by atoms with Crippen LogP contribution in [-0.2, 0) is 9.59 Å². The molecule has 1 amide bonds. The number of carbonyl (C=O) groups is 2. The number of amides is 1. The third-order valence-corrected chi connectivity index (χ3v) is 5.34. The predicted octanol–water partition coefficient (Wildman–Crippen LogP) is 4.28. The molecule has 0 aliphatic carbocycles. The number of rotatable bonds is 6. The van der Waals surface area contributed by atoms with E-state index in [2.05, 4.69) is 0 Å². The van der Waals surface area contributed by atoms with E-state index in [1.807, 2.05) is 69.2 Å². The average molecular weight is 392 g/mol. The molecule has 1 aliphatic heterocycles. The lowest BCUT2D eigenvalue weighted by Crippen LogP contribution is -2.30. The van der Waals surface area contributed by atoms with Crippen LogP contribution in [0, 0.1) is 6.92 Å². The van der Waals surface area contributed by atoms with Gasteiger partial charge in [-0.2, -0.15) is 0 Å². The summed E-state index contributed by atoms with van der Waals surface area (Å²) in [6.07, 6.45) is 1.71. The Morgan fingerprint density at radius 3 is 2.21 bits per heavy atom. The molecule has 5 nitrogen and oxygen atoms in total. The van der Waals surface area contributed by atoms with Gasteiger partial charge in [-0.1, -0.05) is 55.3 Å². The van der Waals surface area contributed by atoms with Crippen LogP contribution >= 0.6 is 0 Å². The van der Waals surface area contributed by atoms with Gasteiger partial charge < -0.3 is 14.9 Å². The number of hydrogen-bond acceptors (Lipinski definition) is 4. The summed E-state index contributed by atoms with van der Waals surface area (Å²) in [6.45, 7) is 4.48. The number of aliphatic hydroxyl groups is 1. The van der Waals surface area contributed by atoms with Crippen molar-refractivity contribution in [3.63, 3.8) is 0 Å². The van der Waals surface area contributed by atoms with Gasteiger partial charge in [0.2, 0.25) is 0 Å². The lowest BCUT2D eigenvalue weighted by atomic mass is 9.94. The van der Waals surface area contributed by atoms with Crippen LogP contribution in [0.1, 0.15) is 42.5 Å². The molecule has 1 saturated heterocycles. The molecule has 0 saturated carbocycles. The quantitative estimate of drug-likeness (QED) is 0.453. The van der Waals surface area contributed by atoms with Crippen molar-refractivity contribution >= 4 is 23.1 Å². The van der Waals surface area contributed by atoms with E-state index in [1.165, 1.54) is 0 Å².